The third-order valence-corrected chi connectivity index (χ3v) is 5.00. The molecule has 0 spiro atoms. The number of nitrogens with one attached hydrogen (secondary N) is 1. The lowest BCUT2D eigenvalue weighted by Gasteiger charge is -2.11. The van der Waals surface area contributed by atoms with Gasteiger partial charge in [0, 0.05) is 35.5 Å². The van der Waals surface area contributed by atoms with Gasteiger partial charge in [0.15, 0.2) is 0 Å². The molecular formula is C21H22N2O3S. The second kappa shape index (κ2) is 8.77. The molecule has 0 aliphatic carbocycles. The number of para-hydroxylation sites is 1. The zero-order chi connectivity index (χ0) is 19.2. The second-order valence-corrected chi connectivity index (χ2v) is 7.03. The van der Waals surface area contributed by atoms with Crippen molar-refractivity contribution in [1.82, 2.24) is 4.57 Å². The van der Waals surface area contributed by atoms with Crippen LogP contribution in [0.2, 0.25) is 0 Å². The molecule has 0 aliphatic rings. The van der Waals surface area contributed by atoms with Crippen LogP contribution in [-0.4, -0.2) is 23.3 Å². The molecule has 3 aromatic rings. The number of aromatic nitrogens is 1. The Balaban J connectivity index is 1.56. The topological polar surface area (TPSA) is 60.3 Å². The highest BCUT2D eigenvalue weighted by molar-refractivity contribution is 7.98. The fourth-order valence-corrected chi connectivity index (χ4v) is 3.30. The molecule has 0 atom stereocenters. The largest absolute Gasteiger partial charge is 0.493 e. The highest BCUT2D eigenvalue weighted by Gasteiger charge is 2.08. The Labute approximate surface area is 162 Å². The maximum Gasteiger partial charge on any atom is 0.254 e. The number of hydrogen-bond acceptors (Lipinski definition) is 4. The summed E-state index contributed by atoms with van der Waals surface area (Å²) in [6, 6.07) is 16.9. The summed E-state index contributed by atoms with van der Waals surface area (Å²) in [6.45, 7) is 0.370. The van der Waals surface area contributed by atoms with Gasteiger partial charge >= 0.3 is 0 Å². The zero-order valence-electron chi connectivity index (χ0n) is 15.4. The standard InChI is InChI=1S/C21H22N2O3S/c1-23-18-10-4-3-9-17(18)19(14-21(23)25)26-12-6-11-20(24)22-15-7-5-8-16(13-15)27-2/h3-5,7-10,13-14H,6,11-12H2,1-2H3,(H,22,24). The Hall–Kier alpha value is -2.73. The minimum atomic E-state index is -0.116. The first-order valence-electron chi connectivity index (χ1n) is 8.74. The highest BCUT2D eigenvalue weighted by Crippen LogP contribution is 2.23. The van der Waals surface area contributed by atoms with Crippen molar-refractivity contribution in [2.24, 2.45) is 7.05 Å². The van der Waals surface area contributed by atoms with E-state index in [1.165, 1.54) is 6.07 Å². The van der Waals surface area contributed by atoms with Crippen LogP contribution < -0.4 is 15.6 Å². The summed E-state index contributed by atoms with van der Waals surface area (Å²) in [5.41, 5.74) is 1.51. The molecule has 27 heavy (non-hydrogen) atoms. The van der Waals surface area contributed by atoms with Crippen LogP contribution in [0.5, 0.6) is 5.75 Å². The first-order valence-corrected chi connectivity index (χ1v) is 9.96. The summed E-state index contributed by atoms with van der Waals surface area (Å²) in [7, 11) is 1.74. The molecule has 2 aromatic carbocycles. The molecule has 6 heteroatoms. The minimum absolute atomic E-state index is 0.0503. The first kappa shape index (κ1) is 19.0. The molecule has 1 amide bonds. The van der Waals surface area contributed by atoms with Gasteiger partial charge in [0.1, 0.15) is 5.75 Å². The van der Waals surface area contributed by atoms with Gasteiger partial charge in [-0.05, 0) is 43.0 Å². The van der Waals surface area contributed by atoms with E-state index in [1.807, 2.05) is 54.8 Å². The lowest BCUT2D eigenvalue weighted by molar-refractivity contribution is -0.116. The predicted octanol–water partition coefficient (Wildman–Crippen LogP) is 4.06. The lowest BCUT2D eigenvalue weighted by Crippen LogP contribution is -2.17. The Bertz CT molecular complexity index is 1010. The molecule has 1 aromatic heterocycles. The Morgan fingerprint density at radius 1 is 1.15 bits per heavy atom. The van der Waals surface area contributed by atoms with E-state index in [0.717, 1.165) is 21.5 Å². The predicted molar refractivity (Wildman–Crippen MR) is 111 cm³/mol. The van der Waals surface area contributed by atoms with Crippen molar-refractivity contribution in [3.8, 4) is 5.75 Å². The number of pyridine rings is 1. The van der Waals surface area contributed by atoms with Crippen LogP contribution in [0.15, 0.2) is 64.3 Å². The minimum Gasteiger partial charge on any atom is -0.493 e. The Morgan fingerprint density at radius 3 is 2.78 bits per heavy atom. The Kier molecular flexibility index (Phi) is 6.19. The number of nitrogens with zero attached hydrogens (tertiary/aromatic N) is 1. The number of anilines is 1. The van der Waals surface area contributed by atoms with Gasteiger partial charge in [0.05, 0.1) is 12.1 Å². The molecular weight excluding hydrogens is 360 g/mol. The number of hydrogen-bond donors (Lipinski definition) is 1. The lowest BCUT2D eigenvalue weighted by atomic mass is 10.2. The van der Waals surface area contributed by atoms with Gasteiger partial charge in [-0.15, -0.1) is 11.8 Å². The van der Waals surface area contributed by atoms with Crippen LogP contribution in [0.1, 0.15) is 12.8 Å². The smallest absolute Gasteiger partial charge is 0.254 e. The van der Waals surface area contributed by atoms with Gasteiger partial charge in [0.2, 0.25) is 5.91 Å². The fraction of sp³-hybridized carbons (Fsp3) is 0.238. The molecule has 140 valence electrons. The molecule has 5 nitrogen and oxygen atoms in total. The molecule has 0 saturated carbocycles. The summed E-state index contributed by atoms with van der Waals surface area (Å²) in [4.78, 5) is 25.3. The normalized spacial score (nSPS) is 10.7. The van der Waals surface area contributed by atoms with E-state index in [1.54, 1.807) is 23.4 Å². The van der Waals surface area contributed by atoms with Crippen LogP contribution in [0.25, 0.3) is 10.9 Å². The molecule has 1 heterocycles. The van der Waals surface area contributed by atoms with E-state index in [2.05, 4.69) is 5.32 Å². The summed E-state index contributed by atoms with van der Waals surface area (Å²) in [5, 5.41) is 3.79. The van der Waals surface area contributed by atoms with Crippen molar-refractivity contribution >= 4 is 34.3 Å². The fourth-order valence-electron chi connectivity index (χ4n) is 2.84. The van der Waals surface area contributed by atoms with Crippen LogP contribution >= 0.6 is 11.8 Å². The Morgan fingerprint density at radius 2 is 1.96 bits per heavy atom. The molecule has 3 rings (SSSR count). The number of ether oxygens (including phenoxy) is 1. The number of thioether (sulfide) groups is 1. The van der Waals surface area contributed by atoms with Crippen LogP contribution in [-0.2, 0) is 11.8 Å². The third-order valence-electron chi connectivity index (χ3n) is 4.28. The van der Waals surface area contributed by atoms with Crippen molar-refractivity contribution in [3.63, 3.8) is 0 Å². The van der Waals surface area contributed by atoms with E-state index in [9.17, 15) is 9.59 Å². The number of carbonyl (C=O) groups is 1. The van der Waals surface area contributed by atoms with Crippen molar-refractivity contribution in [2.45, 2.75) is 17.7 Å². The van der Waals surface area contributed by atoms with Crippen molar-refractivity contribution in [1.29, 1.82) is 0 Å². The van der Waals surface area contributed by atoms with Gasteiger partial charge in [-0.25, -0.2) is 0 Å². The molecule has 0 radical (unpaired) electrons. The number of fused-ring (bicyclic) bond motifs is 1. The van der Waals surface area contributed by atoms with E-state index in [-0.39, 0.29) is 11.5 Å². The van der Waals surface area contributed by atoms with Crippen LogP contribution in [0, 0.1) is 0 Å². The summed E-state index contributed by atoms with van der Waals surface area (Å²) < 4.78 is 7.39. The van der Waals surface area contributed by atoms with Crippen LogP contribution in [0.3, 0.4) is 0 Å². The van der Waals surface area contributed by atoms with Gasteiger partial charge in [-0.2, -0.15) is 0 Å². The molecule has 0 saturated heterocycles. The zero-order valence-corrected chi connectivity index (χ0v) is 16.2. The van der Waals surface area contributed by atoms with Gasteiger partial charge in [-0.1, -0.05) is 18.2 Å². The average molecular weight is 382 g/mol. The summed E-state index contributed by atoms with van der Waals surface area (Å²) in [6.07, 6.45) is 2.92. The maximum absolute atomic E-state index is 12.1. The van der Waals surface area contributed by atoms with Gasteiger partial charge in [-0.3, -0.25) is 9.59 Å². The number of aryl methyl sites for hydroxylation is 1. The molecule has 0 aliphatic heterocycles. The summed E-state index contributed by atoms with van der Waals surface area (Å²) >= 11 is 1.63. The second-order valence-electron chi connectivity index (χ2n) is 6.16. The quantitative estimate of drug-likeness (QED) is 0.495. The first-order chi connectivity index (χ1) is 13.1. The number of benzene rings is 2. The molecule has 0 bridgehead atoms. The van der Waals surface area contributed by atoms with E-state index < -0.39 is 0 Å². The molecule has 0 fully saturated rings. The molecule has 0 unspecified atom stereocenters. The SMILES string of the molecule is CSc1cccc(NC(=O)CCCOc2cc(=O)n(C)c3ccccc23)c1. The van der Waals surface area contributed by atoms with Crippen LogP contribution in [0.4, 0.5) is 5.69 Å². The number of carbonyl (C=O) groups excluding carboxylic acids is 1. The highest BCUT2D eigenvalue weighted by atomic mass is 32.2. The maximum atomic E-state index is 12.1. The van der Waals surface area contributed by atoms with Crippen molar-refractivity contribution < 1.29 is 9.53 Å². The number of rotatable bonds is 7. The van der Waals surface area contributed by atoms with Crippen molar-refractivity contribution in [3.05, 3.63) is 65.0 Å². The molecule has 1 N–H and O–H groups in total. The van der Waals surface area contributed by atoms with Gasteiger partial charge in [0.25, 0.3) is 5.56 Å². The van der Waals surface area contributed by atoms with E-state index in [4.69, 9.17) is 4.74 Å². The van der Waals surface area contributed by atoms with Gasteiger partial charge < -0.3 is 14.6 Å². The van der Waals surface area contributed by atoms with E-state index in [0.29, 0.717) is 25.2 Å². The van der Waals surface area contributed by atoms with Crippen molar-refractivity contribution in [2.75, 3.05) is 18.2 Å². The third kappa shape index (κ3) is 4.71. The van der Waals surface area contributed by atoms with E-state index >= 15 is 0 Å². The number of amides is 1. The monoisotopic (exact) mass is 382 g/mol. The average Bonchev–Trinajstić information content (AvgIpc) is 2.69. The summed E-state index contributed by atoms with van der Waals surface area (Å²) in [5.74, 6) is 0.507.